The molecule has 6 heteroatoms. The number of benzene rings is 1. The average molecular weight is 237 g/mol. The van der Waals surface area contributed by atoms with Crippen molar-refractivity contribution in [3.05, 3.63) is 35.1 Å². The van der Waals surface area contributed by atoms with E-state index in [0.29, 0.717) is 0 Å². The third-order valence-electron chi connectivity index (χ3n) is 2.09. The molecule has 1 aromatic rings. The van der Waals surface area contributed by atoms with Crippen LogP contribution in [0.3, 0.4) is 0 Å². The van der Waals surface area contributed by atoms with Crippen LogP contribution in [0.25, 0.3) is 0 Å². The fraction of sp³-hybridized carbons (Fsp3) is 0.400. The summed E-state index contributed by atoms with van der Waals surface area (Å²) in [7, 11) is 1.48. The van der Waals surface area contributed by atoms with Crippen LogP contribution in [-0.2, 0) is 6.18 Å². The zero-order valence-electron chi connectivity index (χ0n) is 8.48. The van der Waals surface area contributed by atoms with Gasteiger partial charge in [-0.05, 0) is 18.7 Å². The van der Waals surface area contributed by atoms with E-state index in [-0.39, 0.29) is 6.54 Å². The molecule has 0 aromatic heterocycles. The van der Waals surface area contributed by atoms with Gasteiger partial charge in [0, 0.05) is 6.54 Å². The van der Waals surface area contributed by atoms with E-state index in [4.69, 9.17) is 0 Å². The largest absolute Gasteiger partial charge is 0.419 e. The molecule has 0 aliphatic rings. The summed E-state index contributed by atoms with van der Waals surface area (Å²) in [5.41, 5.74) is -1.86. The van der Waals surface area contributed by atoms with Gasteiger partial charge >= 0.3 is 6.18 Å². The maximum absolute atomic E-state index is 13.1. The monoisotopic (exact) mass is 237 g/mol. The molecular weight excluding hydrogens is 226 g/mol. The van der Waals surface area contributed by atoms with E-state index in [1.807, 2.05) is 0 Å². The molecule has 0 fully saturated rings. The zero-order chi connectivity index (χ0) is 12.3. The molecule has 90 valence electrons. The number of hydrogen-bond acceptors (Lipinski definition) is 2. The van der Waals surface area contributed by atoms with Crippen molar-refractivity contribution in [1.29, 1.82) is 0 Å². The van der Waals surface area contributed by atoms with Crippen LogP contribution in [0.4, 0.5) is 17.6 Å². The van der Waals surface area contributed by atoms with Crippen LogP contribution in [0.1, 0.15) is 17.2 Å². The smallest absolute Gasteiger partial charge is 0.387 e. The molecule has 2 N–H and O–H groups in total. The Labute approximate surface area is 89.9 Å². The van der Waals surface area contributed by atoms with Crippen LogP contribution in [-0.4, -0.2) is 18.7 Å². The van der Waals surface area contributed by atoms with Gasteiger partial charge in [-0.2, -0.15) is 13.2 Å². The molecule has 0 heterocycles. The number of aliphatic hydroxyl groups is 1. The summed E-state index contributed by atoms with van der Waals surface area (Å²) in [4.78, 5) is 0. The maximum atomic E-state index is 13.1. The molecule has 1 rings (SSSR count). The van der Waals surface area contributed by atoms with E-state index in [2.05, 4.69) is 5.32 Å². The second kappa shape index (κ2) is 4.80. The topological polar surface area (TPSA) is 32.3 Å². The summed E-state index contributed by atoms with van der Waals surface area (Å²) in [6.45, 7) is -0.0769. The first kappa shape index (κ1) is 12.9. The van der Waals surface area contributed by atoms with Crippen LogP contribution in [0.2, 0.25) is 0 Å². The highest BCUT2D eigenvalue weighted by atomic mass is 19.4. The molecule has 0 radical (unpaired) electrons. The lowest BCUT2D eigenvalue weighted by atomic mass is 10.0. The summed E-state index contributed by atoms with van der Waals surface area (Å²) < 4.78 is 50.7. The van der Waals surface area contributed by atoms with E-state index in [0.717, 1.165) is 18.2 Å². The van der Waals surface area contributed by atoms with Gasteiger partial charge in [0.15, 0.2) is 0 Å². The molecule has 1 aromatic carbocycles. The molecular formula is C10H11F4NO. The number of alkyl halides is 3. The summed E-state index contributed by atoms with van der Waals surface area (Å²) in [5, 5.41) is 12.0. The molecule has 0 saturated carbocycles. The van der Waals surface area contributed by atoms with Crippen LogP contribution in [0.5, 0.6) is 0 Å². The minimum absolute atomic E-state index is 0.0769. The highest BCUT2D eigenvalue weighted by Crippen LogP contribution is 2.36. The number of nitrogens with one attached hydrogen (secondary N) is 1. The van der Waals surface area contributed by atoms with Crippen LogP contribution in [0, 0.1) is 5.82 Å². The van der Waals surface area contributed by atoms with Crippen molar-refractivity contribution in [2.45, 2.75) is 12.3 Å². The van der Waals surface area contributed by atoms with Crippen molar-refractivity contribution >= 4 is 0 Å². The van der Waals surface area contributed by atoms with Crippen molar-refractivity contribution in [1.82, 2.24) is 5.32 Å². The first-order valence-electron chi connectivity index (χ1n) is 4.56. The van der Waals surface area contributed by atoms with Gasteiger partial charge in [-0.15, -0.1) is 0 Å². The first-order chi connectivity index (χ1) is 7.38. The third kappa shape index (κ3) is 2.70. The van der Waals surface area contributed by atoms with E-state index >= 15 is 0 Å². The SMILES string of the molecule is CNCC(O)c1cccc(F)c1C(F)(F)F. The lowest BCUT2D eigenvalue weighted by Crippen LogP contribution is -2.21. The molecule has 0 spiro atoms. The molecule has 1 atom stereocenters. The Bertz CT molecular complexity index is 364. The average Bonchev–Trinajstić information content (AvgIpc) is 2.15. The van der Waals surface area contributed by atoms with Gasteiger partial charge in [0.05, 0.1) is 11.7 Å². The van der Waals surface area contributed by atoms with Crippen LogP contribution < -0.4 is 5.32 Å². The molecule has 16 heavy (non-hydrogen) atoms. The van der Waals surface area contributed by atoms with Gasteiger partial charge in [-0.1, -0.05) is 12.1 Å². The van der Waals surface area contributed by atoms with Gasteiger partial charge in [0.2, 0.25) is 0 Å². The van der Waals surface area contributed by atoms with Gasteiger partial charge in [0.25, 0.3) is 0 Å². The number of aliphatic hydroxyl groups excluding tert-OH is 1. The highest BCUT2D eigenvalue weighted by Gasteiger charge is 2.38. The predicted octanol–water partition coefficient (Wildman–Crippen LogP) is 2.10. The Kier molecular flexibility index (Phi) is 3.88. The van der Waals surface area contributed by atoms with Crippen molar-refractivity contribution in [3.8, 4) is 0 Å². The highest BCUT2D eigenvalue weighted by molar-refractivity contribution is 5.33. The minimum atomic E-state index is -4.81. The summed E-state index contributed by atoms with van der Waals surface area (Å²) in [5.74, 6) is -1.37. The van der Waals surface area contributed by atoms with Gasteiger partial charge in [-0.25, -0.2) is 4.39 Å². The van der Waals surface area contributed by atoms with E-state index in [1.54, 1.807) is 0 Å². The lowest BCUT2D eigenvalue weighted by Gasteiger charge is -2.17. The normalized spacial score (nSPS) is 13.9. The summed E-state index contributed by atoms with van der Waals surface area (Å²) in [6, 6.07) is 2.92. The second-order valence-corrected chi connectivity index (χ2v) is 3.28. The van der Waals surface area contributed by atoms with Crippen molar-refractivity contribution in [3.63, 3.8) is 0 Å². The summed E-state index contributed by atoms with van der Waals surface area (Å²) >= 11 is 0. The van der Waals surface area contributed by atoms with E-state index in [1.165, 1.54) is 7.05 Å². The third-order valence-corrected chi connectivity index (χ3v) is 2.09. The van der Waals surface area contributed by atoms with Gasteiger partial charge in [0.1, 0.15) is 5.82 Å². The molecule has 2 nitrogen and oxygen atoms in total. The minimum Gasteiger partial charge on any atom is -0.387 e. The number of halogens is 4. The Morgan fingerprint density at radius 3 is 2.50 bits per heavy atom. The molecule has 0 bridgehead atoms. The fourth-order valence-corrected chi connectivity index (χ4v) is 1.42. The number of rotatable bonds is 3. The molecule has 0 aliphatic carbocycles. The Balaban J connectivity index is 3.23. The first-order valence-corrected chi connectivity index (χ1v) is 4.56. The molecule has 0 aliphatic heterocycles. The lowest BCUT2D eigenvalue weighted by molar-refractivity contribution is -0.141. The number of likely N-dealkylation sites (N-methyl/N-ethyl adjacent to an activating group) is 1. The zero-order valence-corrected chi connectivity index (χ0v) is 8.48. The second-order valence-electron chi connectivity index (χ2n) is 3.28. The fourth-order valence-electron chi connectivity index (χ4n) is 1.42. The quantitative estimate of drug-likeness (QED) is 0.789. The van der Waals surface area contributed by atoms with Gasteiger partial charge in [-0.3, -0.25) is 0 Å². The van der Waals surface area contributed by atoms with Crippen molar-refractivity contribution < 1.29 is 22.7 Å². The Morgan fingerprint density at radius 2 is 2.00 bits per heavy atom. The molecule has 0 amide bonds. The molecule has 0 saturated heterocycles. The Hall–Kier alpha value is -1.14. The standard InChI is InChI=1S/C10H11F4NO/c1-15-5-8(16)6-3-2-4-7(11)9(6)10(12,13)14/h2-4,8,15-16H,5H2,1H3. The van der Waals surface area contributed by atoms with Gasteiger partial charge < -0.3 is 10.4 Å². The van der Waals surface area contributed by atoms with Crippen molar-refractivity contribution in [2.75, 3.05) is 13.6 Å². The predicted molar refractivity (Wildman–Crippen MR) is 50.3 cm³/mol. The maximum Gasteiger partial charge on any atom is 0.419 e. The summed E-state index contributed by atoms with van der Waals surface area (Å²) in [6.07, 6.45) is -6.20. The van der Waals surface area contributed by atoms with E-state index < -0.39 is 29.2 Å². The van der Waals surface area contributed by atoms with E-state index in [9.17, 15) is 22.7 Å². The number of hydrogen-bond donors (Lipinski definition) is 2. The van der Waals surface area contributed by atoms with Crippen molar-refractivity contribution in [2.24, 2.45) is 0 Å². The Morgan fingerprint density at radius 1 is 1.38 bits per heavy atom. The molecule has 1 unspecified atom stereocenters. The van der Waals surface area contributed by atoms with Crippen LogP contribution >= 0.6 is 0 Å². The van der Waals surface area contributed by atoms with Crippen LogP contribution in [0.15, 0.2) is 18.2 Å².